The number of ether oxygens (including phenoxy) is 2. The number of fused-ring (bicyclic) bond motifs is 1. The molecule has 49 heavy (non-hydrogen) atoms. The Bertz CT molecular complexity index is 1900. The van der Waals surface area contributed by atoms with E-state index in [1.54, 1.807) is 19.1 Å². The highest BCUT2D eigenvalue weighted by molar-refractivity contribution is 6.15. The molecule has 12 heteroatoms. The number of quaternary nitrogens is 1. The zero-order valence-corrected chi connectivity index (χ0v) is 26.9. The number of hydrogen-bond donors (Lipinski definition) is 4. The number of anilines is 1. The number of imidazole rings is 1. The number of alkyl carbamates (subject to hydrolysis) is 1. The molecule has 0 saturated carbocycles. The average molecular weight is 662 g/mol. The highest BCUT2D eigenvalue weighted by Gasteiger charge is 2.56. The van der Waals surface area contributed by atoms with Crippen LogP contribution >= 0.6 is 0 Å². The van der Waals surface area contributed by atoms with Crippen molar-refractivity contribution in [3.63, 3.8) is 0 Å². The van der Waals surface area contributed by atoms with Gasteiger partial charge in [-0.05, 0) is 35.7 Å². The maximum atomic E-state index is 13.7. The number of H-pyrrole nitrogens is 1. The summed E-state index contributed by atoms with van der Waals surface area (Å²) in [7, 11) is 0. The Hall–Kier alpha value is -6.01. The van der Waals surface area contributed by atoms with Crippen molar-refractivity contribution < 1.29 is 28.7 Å². The monoisotopic (exact) mass is 661 g/mol. The van der Waals surface area contributed by atoms with E-state index in [1.165, 1.54) is 0 Å². The summed E-state index contributed by atoms with van der Waals surface area (Å²) in [4.78, 5) is 61.3. The van der Waals surface area contributed by atoms with Gasteiger partial charge in [0.05, 0.1) is 11.0 Å². The van der Waals surface area contributed by atoms with Gasteiger partial charge in [-0.1, -0.05) is 84.9 Å². The largest absolute Gasteiger partial charge is 0.459 e. The van der Waals surface area contributed by atoms with Gasteiger partial charge in [-0.3, -0.25) is 5.32 Å². The minimum Gasteiger partial charge on any atom is -0.459 e. The highest BCUT2D eigenvalue weighted by atomic mass is 16.6. The van der Waals surface area contributed by atoms with Gasteiger partial charge in [-0.2, -0.15) is 0 Å². The van der Waals surface area contributed by atoms with Crippen LogP contribution in [0.25, 0.3) is 11.0 Å². The third-order valence-corrected chi connectivity index (χ3v) is 8.43. The van der Waals surface area contributed by atoms with Crippen LogP contribution in [0.3, 0.4) is 0 Å². The molecular weight excluding hydrogens is 624 g/mol. The molecule has 0 spiro atoms. The molecule has 4 aromatic carbocycles. The fourth-order valence-electron chi connectivity index (χ4n) is 5.77. The average Bonchev–Trinajstić information content (AvgIpc) is 3.65. The predicted octanol–water partition coefficient (Wildman–Crippen LogP) is 5.55. The Balaban J connectivity index is 1.18. The zero-order valence-electron chi connectivity index (χ0n) is 26.9. The molecule has 1 aliphatic heterocycles. The molecule has 0 aliphatic carbocycles. The Kier molecular flexibility index (Phi) is 9.96. The number of carbonyl (C=O) groups excluding carboxylic acids is 4. The molecular formula is C37H37N6O6+. The van der Waals surface area contributed by atoms with E-state index in [0.717, 1.165) is 27.7 Å². The first-order valence-electron chi connectivity index (χ1n) is 16.0. The summed E-state index contributed by atoms with van der Waals surface area (Å²) in [6.07, 6.45) is -0.918. The fourth-order valence-corrected chi connectivity index (χ4v) is 5.77. The molecule has 5 aromatic rings. The van der Waals surface area contributed by atoms with E-state index in [4.69, 9.17) is 9.47 Å². The molecule has 12 nitrogen and oxygen atoms in total. The highest BCUT2D eigenvalue weighted by Crippen LogP contribution is 2.31. The van der Waals surface area contributed by atoms with E-state index in [9.17, 15) is 19.2 Å². The minimum atomic E-state index is -1.20. The third kappa shape index (κ3) is 7.60. The van der Waals surface area contributed by atoms with Crippen molar-refractivity contribution in [2.75, 3.05) is 11.9 Å². The third-order valence-electron chi connectivity index (χ3n) is 8.43. The van der Waals surface area contributed by atoms with Crippen LogP contribution in [-0.2, 0) is 38.8 Å². The van der Waals surface area contributed by atoms with Crippen molar-refractivity contribution in [2.45, 2.75) is 45.2 Å². The molecule has 1 aliphatic rings. The van der Waals surface area contributed by atoms with Gasteiger partial charge < -0.3 is 25.1 Å². The van der Waals surface area contributed by atoms with Crippen LogP contribution in [-0.4, -0.2) is 52.6 Å². The second-order valence-electron chi connectivity index (χ2n) is 11.8. The number of urea groups is 1. The van der Waals surface area contributed by atoms with Crippen molar-refractivity contribution in [1.29, 1.82) is 0 Å². The molecule has 4 amide bonds. The number of rotatable bonds is 13. The SMILES string of the molecule is CC1NC(=O)[N+](CCC(NC(=O)OCc2ccccc2)C(=O)OCc2ccccc2)(c2ccc(CNc3nc4ccccc4[nH]3)cc2)C1=O. The minimum absolute atomic E-state index is 0.00554. The first kappa shape index (κ1) is 32.9. The lowest BCUT2D eigenvalue weighted by Crippen LogP contribution is -2.57. The van der Waals surface area contributed by atoms with Crippen LogP contribution < -0.4 is 20.4 Å². The van der Waals surface area contributed by atoms with Gasteiger partial charge in [-0.15, -0.1) is 4.48 Å². The summed E-state index contributed by atoms with van der Waals surface area (Å²) in [5.74, 6) is -0.469. The number of benzene rings is 4. The number of aromatic nitrogens is 2. The predicted molar refractivity (Wildman–Crippen MR) is 184 cm³/mol. The summed E-state index contributed by atoms with van der Waals surface area (Å²) < 4.78 is 10.3. The van der Waals surface area contributed by atoms with Crippen molar-refractivity contribution in [3.8, 4) is 0 Å². The topological polar surface area (TPSA) is 152 Å². The number of esters is 1. The molecule has 1 aromatic heterocycles. The lowest BCUT2D eigenvalue weighted by Gasteiger charge is -2.29. The normalized spacial score (nSPS) is 17.7. The van der Waals surface area contributed by atoms with Crippen LogP contribution in [0, 0.1) is 0 Å². The first-order valence-corrected chi connectivity index (χ1v) is 16.0. The molecule has 0 bridgehead atoms. The summed E-state index contributed by atoms with van der Waals surface area (Å²) >= 11 is 0. The van der Waals surface area contributed by atoms with Gasteiger partial charge in [-0.25, -0.2) is 24.2 Å². The van der Waals surface area contributed by atoms with Gasteiger partial charge in [0.1, 0.15) is 37.5 Å². The second kappa shape index (κ2) is 14.8. The number of hydrogen-bond acceptors (Lipinski definition) is 8. The van der Waals surface area contributed by atoms with E-state index in [1.807, 2.05) is 97.1 Å². The molecule has 0 radical (unpaired) electrons. The molecule has 3 atom stereocenters. The summed E-state index contributed by atoms with van der Waals surface area (Å²) in [6.45, 7) is 1.93. The van der Waals surface area contributed by atoms with Crippen molar-refractivity contribution in [2.24, 2.45) is 0 Å². The smallest absolute Gasteiger partial charge is 0.430 e. The summed E-state index contributed by atoms with van der Waals surface area (Å²) in [6, 6.07) is 30.6. The lowest BCUT2D eigenvalue weighted by atomic mass is 10.1. The molecule has 6 rings (SSSR count). The van der Waals surface area contributed by atoms with Crippen molar-refractivity contribution in [1.82, 2.24) is 25.1 Å². The number of nitrogens with zero attached hydrogens (tertiary/aromatic N) is 2. The maximum absolute atomic E-state index is 13.7. The molecule has 3 unspecified atom stereocenters. The van der Waals surface area contributed by atoms with Gasteiger partial charge in [0, 0.05) is 25.1 Å². The second-order valence-corrected chi connectivity index (χ2v) is 11.8. The number of aromatic amines is 1. The quantitative estimate of drug-likeness (QED) is 0.0729. The van der Waals surface area contributed by atoms with Crippen LogP contribution in [0.2, 0.25) is 0 Å². The Morgan fingerprint density at radius 3 is 2.08 bits per heavy atom. The van der Waals surface area contributed by atoms with E-state index in [0.29, 0.717) is 18.2 Å². The molecule has 4 N–H and O–H groups in total. The van der Waals surface area contributed by atoms with E-state index < -0.39 is 34.7 Å². The fraction of sp³-hybridized carbons (Fsp3) is 0.216. The number of para-hydroxylation sites is 2. The molecule has 1 fully saturated rings. The maximum Gasteiger partial charge on any atom is 0.430 e. The van der Waals surface area contributed by atoms with Crippen LogP contribution in [0.5, 0.6) is 0 Å². The van der Waals surface area contributed by atoms with E-state index in [2.05, 4.69) is 25.9 Å². The number of imide groups is 1. The zero-order chi connectivity index (χ0) is 34.2. The Labute approximate surface area is 283 Å². The lowest BCUT2D eigenvalue weighted by molar-refractivity contribution is -0.147. The van der Waals surface area contributed by atoms with Gasteiger partial charge in [0.15, 0.2) is 0 Å². The van der Waals surface area contributed by atoms with E-state index >= 15 is 0 Å². The Morgan fingerprint density at radius 1 is 0.816 bits per heavy atom. The summed E-state index contributed by atoms with van der Waals surface area (Å²) in [5.41, 5.74) is 4.63. The van der Waals surface area contributed by atoms with Crippen molar-refractivity contribution in [3.05, 3.63) is 126 Å². The number of carbonyl (C=O) groups is 4. The van der Waals surface area contributed by atoms with Crippen molar-refractivity contribution >= 4 is 46.7 Å². The molecule has 250 valence electrons. The number of amides is 4. The van der Waals surface area contributed by atoms with E-state index in [-0.39, 0.29) is 32.1 Å². The standard InChI is InChI=1S/C37H36N6O6/c1-25-33(44)43(36(46)39-25,29-18-16-26(17-19-29)22-38-35-40-30-14-8-9-15-31(30)41-35)21-20-32(34(45)48-23-27-10-4-2-5-11-27)42-37(47)49-24-28-12-6-3-7-13-28/h2-19,25,32H,20-24H2,1H3,(H3-,38,39,40,41,42,46,47)/p+1. The number of nitrogens with one attached hydrogen (secondary N) is 4. The van der Waals surface area contributed by atoms with Crippen LogP contribution in [0.15, 0.2) is 109 Å². The van der Waals surface area contributed by atoms with Gasteiger partial charge >= 0.3 is 24.0 Å². The molecule has 2 heterocycles. The molecule has 1 saturated heterocycles. The first-order chi connectivity index (χ1) is 23.8. The summed E-state index contributed by atoms with van der Waals surface area (Å²) in [5, 5.41) is 8.61. The Morgan fingerprint density at radius 2 is 1.45 bits per heavy atom. The van der Waals surface area contributed by atoms with Gasteiger partial charge in [0.2, 0.25) is 5.95 Å². The van der Waals surface area contributed by atoms with Gasteiger partial charge in [0.25, 0.3) is 0 Å². The van der Waals surface area contributed by atoms with Crippen LogP contribution in [0.4, 0.5) is 21.2 Å². The van der Waals surface area contributed by atoms with Crippen LogP contribution in [0.1, 0.15) is 30.0 Å².